The van der Waals surface area contributed by atoms with Crippen molar-refractivity contribution in [2.75, 3.05) is 7.05 Å². The summed E-state index contributed by atoms with van der Waals surface area (Å²) in [5.74, 6) is 2.54. The number of nitrogens with zero attached hydrogens (tertiary/aromatic N) is 3. The molecule has 1 aromatic carbocycles. The summed E-state index contributed by atoms with van der Waals surface area (Å²) < 4.78 is 15.4. The van der Waals surface area contributed by atoms with E-state index in [0.29, 0.717) is 23.5 Å². The van der Waals surface area contributed by atoms with E-state index in [-0.39, 0.29) is 5.91 Å². The summed E-state index contributed by atoms with van der Waals surface area (Å²) in [5, 5.41) is 0. The van der Waals surface area contributed by atoms with E-state index < -0.39 is 13.9 Å². The van der Waals surface area contributed by atoms with E-state index in [9.17, 15) is 9.18 Å². The number of halogens is 1. The van der Waals surface area contributed by atoms with Gasteiger partial charge in [0.15, 0.2) is 0 Å². The summed E-state index contributed by atoms with van der Waals surface area (Å²) in [4.78, 5) is 18.5. The van der Waals surface area contributed by atoms with Crippen LogP contribution in [0.4, 0.5) is 4.39 Å². The molecule has 23 heavy (non-hydrogen) atoms. The van der Waals surface area contributed by atoms with E-state index in [0.717, 1.165) is 5.69 Å². The van der Waals surface area contributed by atoms with Crippen LogP contribution >= 0.6 is 0 Å². The third-order valence-electron chi connectivity index (χ3n) is 3.60. The molecule has 4 nitrogen and oxygen atoms in total. The first-order valence-electron chi connectivity index (χ1n) is 7.41. The minimum absolute atomic E-state index is 0.202. The lowest BCUT2D eigenvalue weighted by Crippen LogP contribution is -2.25. The van der Waals surface area contributed by atoms with E-state index in [1.54, 1.807) is 24.3 Å². The quantitative estimate of drug-likeness (QED) is 0.551. The zero-order valence-corrected chi connectivity index (χ0v) is 14.6. The summed E-state index contributed by atoms with van der Waals surface area (Å²) in [7, 11) is 0.182. The van der Waals surface area contributed by atoms with Crippen molar-refractivity contribution >= 4 is 14.0 Å². The third kappa shape index (κ3) is 2.92. The fourth-order valence-corrected chi connectivity index (χ4v) is 2.97. The predicted molar refractivity (Wildman–Crippen MR) is 89.5 cm³/mol. The molecular weight excluding hydrogens is 309 g/mol. The molecule has 0 saturated heterocycles. The largest absolute Gasteiger partial charge is 0.336 e. The van der Waals surface area contributed by atoms with Gasteiger partial charge in [-0.2, -0.15) is 0 Å². The average molecular weight is 327 g/mol. The second-order valence-corrected chi connectivity index (χ2v) is 11.5. The van der Waals surface area contributed by atoms with Crippen LogP contribution in [0.5, 0.6) is 0 Å². The lowest BCUT2D eigenvalue weighted by atomic mass is 10.1. The van der Waals surface area contributed by atoms with Crippen LogP contribution in [0.3, 0.4) is 0 Å². The number of imidazole rings is 1. The first kappa shape index (κ1) is 15.5. The minimum Gasteiger partial charge on any atom is -0.336 e. The first-order valence-corrected chi connectivity index (χ1v) is 10.9. The summed E-state index contributed by atoms with van der Waals surface area (Å²) in [6, 6.07) is 4.24. The van der Waals surface area contributed by atoms with Crippen LogP contribution in [0.1, 0.15) is 21.7 Å². The van der Waals surface area contributed by atoms with Gasteiger partial charge in [0.05, 0.1) is 23.5 Å². The van der Waals surface area contributed by atoms with Crippen molar-refractivity contribution in [3.05, 3.63) is 47.3 Å². The van der Waals surface area contributed by atoms with E-state index in [2.05, 4.69) is 36.1 Å². The predicted octanol–water partition coefficient (Wildman–Crippen LogP) is 2.83. The smallest absolute Gasteiger partial charge is 0.256 e. The Morgan fingerprint density at radius 2 is 2.04 bits per heavy atom. The van der Waals surface area contributed by atoms with Gasteiger partial charge in [-0.15, -0.1) is 5.54 Å². The van der Waals surface area contributed by atoms with Gasteiger partial charge < -0.3 is 4.90 Å². The monoisotopic (exact) mass is 327 g/mol. The standard InChI is InChI=1S/C17H18FN3OSi/c1-20-10-16-14(7-8-23(2,3)4)19-11-21(16)15-6-5-12(18)9-13(15)17(20)22/h5-6,9,11H,10H2,1-4H3. The molecule has 0 spiro atoms. The topological polar surface area (TPSA) is 38.1 Å². The molecule has 0 saturated carbocycles. The fraction of sp³-hybridized carbons (Fsp3) is 0.294. The van der Waals surface area contributed by atoms with Crippen LogP contribution < -0.4 is 0 Å². The van der Waals surface area contributed by atoms with Crippen molar-refractivity contribution in [2.24, 2.45) is 0 Å². The highest BCUT2D eigenvalue weighted by atomic mass is 28.3. The number of rotatable bonds is 0. The van der Waals surface area contributed by atoms with Crippen molar-refractivity contribution in [3.63, 3.8) is 0 Å². The van der Waals surface area contributed by atoms with Gasteiger partial charge >= 0.3 is 0 Å². The molecular formula is C17H18FN3OSi. The van der Waals surface area contributed by atoms with Crippen LogP contribution in [0.25, 0.3) is 5.69 Å². The lowest BCUT2D eigenvalue weighted by Gasteiger charge is -2.14. The fourth-order valence-electron chi connectivity index (χ4n) is 2.48. The normalized spacial score (nSPS) is 13.8. The molecule has 0 bridgehead atoms. The zero-order valence-electron chi connectivity index (χ0n) is 13.6. The minimum atomic E-state index is -1.52. The molecule has 2 heterocycles. The second-order valence-electron chi connectivity index (χ2n) is 6.73. The summed E-state index contributed by atoms with van der Waals surface area (Å²) >= 11 is 0. The lowest BCUT2D eigenvalue weighted by molar-refractivity contribution is 0.0787. The van der Waals surface area contributed by atoms with Crippen molar-refractivity contribution < 1.29 is 9.18 Å². The zero-order chi connectivity index (χ0) is 16.8. The maximum Gasteiger partial charge on any atom is 0.256 e. The Labute approximate surface area is 136 Å². The molecule has 0 unspecified atom stereocenters. The molecule has 0 N–H and O–H groups in total. The average Bonchev–Trinajstić information content (AvgIpc) is 2.82. The molecule has 2 aromatic rings. The Hall–Kier alpha value is -2.39. The third-order valence-corrected chi connectivity index (χ3v) is 4.48. The Morgan fingerprint density at radius 1 is 1.30 bits per heavy atom. The second kappa shape index (κ2) is 5.35. The molecule has 1 aliphatic rings. The molecule has 1 aliphatic heterocycles. The maximum absolute atomic E-state index is 13.5. The summed E-state index contributed by atoms with van der Waals surface area (Å²) in [5.41, 5.74) is 5.83. The van der Waals surface area contributed by atoms with E-state index in [4.69, 9.17) is 0 Å². The van der Waals surface area contributed by atoms with E-state index in [1.807, 2.05) is 4.57 Å². The van der Waals surface area contributed by atoms with E-state index in [1.165, 1.54) is 12.1 Å². The number of carbonyl (C=O) groups excluding carboxylic acids is 1. The number of benzene rings is 1. The van der Waals surface area contributed by atoms with Crippen LogP contribution in [0.2, 0.25) is 19.6 Å². The van der Waals surface area contributed by atoms with Gasteiger partial charge in [0.25, 0.3) is 5.91 Å². The van der Waals surface area contributed by atoms with Gasteiger partial charge in [-0.3, -0.25) is 9.36 Å². The Kier molecular flexibility index (Phi) is 3.61. The van der Waals surface area contributed by atoms with Gasteiger partial charge in [0.2, 0.25) is 0 Å². The molecule has 1 amide bonds. The molecule has 1 aromatic heterocycles. The Morgan fingerprint density at radius 3 is 2.74 bits per heavy atom. The SMILES string of the molecule is CN1Cc2c(C#C[Si](C)(C)C)ncn2-c2ccc(F)cc2C1=O. The maximum atomic E-state index is 13.5. The molecule has 0 radical (unpaired) electrons. The highest BCUT2D eigenvalue weighted by Gasteiger charge is 2.26. The van der Waals surface area contributed by atoms with Gasteiger partial charge in [0.1, 0.15) is 25.9 Å². The number of aromatic nitrogens is 2. The van der Waals surface area contributed by atoms with Crippen LogP contribution in [-0.4, -0.2) is 35.5 Å². The van der Waals surface area contributed by atoms with Crippen LogP contribution in [0, 0.1) is 17.3 Å². The molecule has 0 fully saturated rings. The highest BCUT2D eigenvalue weighted by molar-refractivity contribution is 6.83. The van der Waals surface area contributed by atoms with E-state index >= 15 is 0 Å². The first-order chi connectivity index (χ1) is 10.8. The number of hydrogen-bond acceptors (Lipinski definition) is 2. The molecule has 0 atom stereocenters. The van der Waals surface area contributed by atoms with Crippen molar-refractivity contribution in [3.8, 4) is 17.2 Å². The van der Waals surface area contributed by atoms with Gasteiger partial charge in [-0.25, -0.2) is 9.37 Å². The number of carbonyl (C=O) groups is 1. The van der Waals surface area contributed by atoms with Crippen LogP contribution in [-0.2, 0) is 6.54 Å². The van der Waals surface area contributed by atoms with Crippen molar-refractivity contribution in [2.45, 2.75) is 26.2 Å². The van der Waals surface area contributed by atoms with Gasteiger partial charge in [-0.05, 0) is 18.2 Å². The number of amides is 1. The summed E-state index contributed by atoms with van der Waals surface area (Å²) in [6.07, 6.45) is 1.66. The molecule has 3 rings (SSSR count). The van der Waals surface area contributed by atoms with Crippen molar-refractivity contribution in [1.82, 2.24) is 14.5 Å². The van der Waals surface area contributed by atoms with Gasteiger partial charge in [0, 0.05) is 7.05 Å². The van der Waals surface area contributed by atoms with Gasteiger partial charge in [-0.1, -0.05) is 25.6 Å². The van der Waals surface area contributed by atoms with Crippen molar-refractivity contribution in [1.29, 1.82) is 0 Å². The number of fused-ring (bicyclic) bond motifs is 3. The Bertz CT molecular complexity index is 855. The number of hydrogen-bond donors (Lipinski definition) is 0. The molecule has 118 valence electrons. The molecule has 6 heteroatoms. The van der Waals surface area contributed by atoms with Crippen LogP contribution in [0.15, 0.2) is 24.5 Å². The summed E-state index contributed by atoms with van der Waals surface area (Å²) in [6.45, 7) is 6.90. The highest BCUT2D eigenvalue weighted by Crippen LogP contribution is 2.26. The molecule has 0 aliphatic carbocycles. The Balaban J connectivity index is 2.19.